The highest BCUT2D eigenvalue weighted by Crippen LogP contribution is 2.28. The number of ether oxygens (including phenoxy) is 1. The molecule has 0 saturated heterocycles. The Kier molecular flexibility index (Phi) is 7.27. The van der Waals surface area contributed by atoms with Gasteiger partial charge >= 0.3 is 12.1 Å². The number of amides is 2. The molecule has 1 fully saturated rings. The van der Waals surface area contributed by atoms with Gasteiger partial charge in [0.05, 0.1) is 6.54 Å². The Hall–Kier alpha value is -3.35. The molecule has 2 aliphatic rings. The lowest BCUT2D eigenvalue weighted by Gasteiger charge is -2.36. The molecular weight excluding hydrogens is 420 g/mol. The standard InChI is InChI=1S/C26H30N2O5/c29-24(27-23(25(30)31)19-11-5-2-6-12-19)22-15-20-13-7-8-14-21(20)16-28(22)26(32)33-17-18-9-3-1-4-10-18/h1,3-4,7-10,13-14,19,22-23H,2,5-6,11-12,15-17H2,(H,27,29)(H,30,31)/t22-,23+/m0/s1. The number of hydrogen-bond donors (Lipinski definition) is 2. The largest absolute Gasteiger partial charge is 0.480 e. The van der Waals surface area contributed by atoms with Crippen LogP contribution in [0.3, 0.4) is 0 Å². The lowest BCUT2D eigenvalue weighted by atomic mass is 9.83. The van der Waals surface area contributed by atoms with Gasteiger partial charge in [0.2, 0.25) is 5.91 Å². The molecule has 0 bridgehead atoms. The number of benzene rings is 2. The monoisotopic (exact) mass is 450 g/mol. The van der Waals surface area contributed by atoms with Crippen molar-refractivity contribution in [2.75, 3.05) is 0 Å². The molecule has 2 N–H and O–H groups in total. The molecule has 7 heteroatoms. The van der Waals surface area contributed by atoms with Crippen molar-refractivity contribution in [3.05, 3.63) is 71.3 Å². The van der Waals surface area contributed by atoms with E-state index in [2.05, 4.69) is 5.32 Å². The summed E-state index contributed by atoms with van der Waals surface area (Å²) in [5.41, 5.74) is 2.79. The van der Waals surface area contributed by atoms with Crippen LogP contribution in [0.15, 0.2) is 54.6 Å². The number of aliphatic carboxylic acids is 1. The van der Waals surface area contributed by atoms with Gasteiger partial charge in [0, 0.05) is 6.42 Å². The van der Waals surface area contributed by atoms with Crippen LogP contribution in [0.25, 0.3) is 0 Å². The summed E-state index contributed by atoms with van der Waals surface area (Å²) in [6.45, 7) is 0.342. The quantitative estimate of drug-likeness (QED) is 0.696. The van der Waals surface area contributed by atoms with Crippen molar-refractivity contribution in [1.82, 2.24) is 10.2 Å². The van der Waals surface area contributed by atoms with Crippen molar-refractivity contribution in [3.8, 4) is 0 Å². The molecule has 4 rings (SSSR count). The van der Waals surface area contributed by atoms with Gasteiger partial charge in [-0.05, 0) is 35.4 Å². The van der Waals surface area contributed by atoms with Crippen LogP contribution >= 0.6 is 0 Å². The highest BCUT2D eigenvalue weighted by atomic mass is 16.6. The van der Waals surface area contributed by atoms with Gasteiger partial charge in [-0.1, -0.05) is 73.9 Å². The fourth-order valence-corrected chi connectivity index (χ4v) is 4.85. The number of nitrogens with zero attached hydrogens (tertiary/aromatic N) is 1. The maximum atomic E-state index is 13.3. The lowest BCUT2D eigenvalue weighted by Crippen LogP contribution is -2.57. The van der Waals surface area contributed by atoms with Crippen LogP contribution in [0.2, 0.25) is 0 Å². The minimum atomic E-state index is -1.02. The first kappa shape index (κ1) is 22.8. The number of rotatable bonds is 6. The summed E-state index contributed by atoms with van der Waals surface area (Å²) in [4.78, 5) is 39.7. The van der Waals surface area contributed by atoms with E-state index in [9.17, 15) is 19.5 Å². The van der Waals surface area contributed by atoms with Gasteiger partial charge in [0.15, 0.2) is 0 Å². The summed E-state index contributed by atoms with van der Waals surface area (Å²) in [7, 11) is 0. The minimum Gasteiger partial charge on any atom is -0.480 e. The highest BCUT2D eigenvalue weighted by molar-refractivity contribution is 5.90. The summed E-state index contributed by atoms with van der Waals surface area (Å²) in [5, 5.41) is 12.6. The normalized spacial score (nSPS) is 19.3. The number of carbonyl (C=O) groups is 3. The predicted molar refractivity (Wildman–Crippen MR) is 122 cm³/mol. The van der Waals surface area contributed by atoms with Gasteiger partial charge < -0.3 is 15.2 Å². The van der Waals surface area contributed by atoms with E-state index in [-0.39, 0.29) is 19.1 Å². The fourth-order valence-electron chi connectivity index (χ4n) is 4.85. The zero-order valence-corrected chi connectivity index (χ0v) is 18.6. The summed E-state index contributed by atoms with van der Waals surface area (Å²) in [6.07, 6.45) is 4.34. The molecule has 2 amide bonds. The molecular formula is C26H30N2O5. The molecule has 0 unspecified atom stereocenters. The second-order valence-electron chi connectivity index (χ2n) is 8.88. The summed E-state index contributed by atoms with van der Waals surface area (Å²) < 4.78 is 5.52. The number of nitrogens with one attached hydrogen (secondary N) is 1. The van der Waals surface area contributed by atoms with Crippen LogP contribution in [0, 0.1) is 5.92 Å². The lowest BCUT2D eigenvalue weighted by molar-refractivity contribution is -0.144. The Morgan fingerprint density at radius 1 is 0.970 bits per heavy atom. The molecule has 1 saturated carbocycles. The molecule has 1 aliphatic carbocycles. The maximum Gasteiger partial charge on any atom is 0.411 e. The third-order valence-corrected chi connectivity index (χ3v) is 6.68. The molecule has 0 aromatic heterocycles. The van der Waals surface area contributed by atoms with Gasteiger partial charge in [-0.3, -0.25) is 9.69 Å². The van der Waals surface area contributed by atoms with E-state index >= 15 is 0 Å². The molecule has 1 heterocycles. The molecule has 2 aromatic carbocycles. The topological polar surface area (TPSA) is 95.9 Å². The molecule has 0 radical (unpaired) electrons. The number of carbonyl (C=O) groups excluding carboxylic acids is 2. The first-order valence-corrected chi connectivity index (χ1v) is 11.6. The smallest absolute Gasteiger partial charge is 0.411 e. The first-order valence-electron chi connectivity index (χ1n) is 11.6. The van der Waals surface area contributed by atoms with Crippen molar-refractivity contribution in [2.45, 2.75) is 63.8 Å². The van der Waals surface area contributed by atoms with E-state index in [0.29, 0.717) is 6.42 Å². The van der Waals surface area contributed by atoms with E-state index in [1.165, 1.54) is 4.90 Å². The van der Waals surface area contributed by atoms with E-state index < -0.39 is 30.1 Å². The van der Waals surface area contributed by atoms with Gasteiger partial charge in [-0.15, -0.1) is 0 Å². The number of carboxylic acids is 1. The Morgan fingerprint density at radius 3 is 2.33 bits per heavy atom. The van der Waals surface area contributed by atoms with E-state index in [1.54, 1.807) is 0 Å². The van der Waals surface area contributed by atoms with Crippen molar-refractivity contribution in [2.24, 2.45) is 5.92 Å². The van der Waals surface area contributed by atoms with Crippen LogP contribution in [-0.2, 0) is 33.9 Å². The zero-order chi connectivity index (χ0) is 23.2. The molecule has 2 atom stereocenters. The van der Waals surface area contributed by atoms with Crippen molar-refractivity contribution in [3.63, 3.8) is 0 Å². The van der Waals surface area contributed by atoms with E-state index in [4.69, 9.17) is 4.74 Å². The predicted octanol–water partition coefficient (Wildman–Crippen LogP) is 3.90. The summed E-state index contributed by atoms with van der Waals surface area (Å²) in [5.74, 6) is -1.56. The Balaban J connectivity index is 1.51. The molecule has 33 heavy (non-hydrogen) atoms. The molecule has 0 spiro atoms. The van der Waals surface area contributed by atoms with Gasteiger partial charge in [0.1, 0.15) is 18.7 Å². The van der Waals surface area contributed by atoms with Gasteiger partial charge in [-0.25, -0.2) is 9.59 Å². The van der Waals surface area contributed by atoms with Gasteiger partial charge in [0.25, 0.3) is 0 Å². The molecule has 2 aromatic rings. The average molecular weight is 451 g/mol. The third kappa shape index (κ3) is 5.53. The Labute approximate surface area is 193 Å². The molecule has 7 nitrogen and oxygen atoms in total. The number of carboxylic acid groups (broad SMARTS) is 1. The second-order valence-corrected chi connectivity index (χ2v) is 8.88. The Bertz CT molecular complexity index is 987. The first-order chi connectivity index (χ1) is 16.0. The zero-order valence-electron chi connectivity index (χ0n) is 18.6. The average Bonchev–Trinajstić information content (AvgIpc) is 2.85. The summed E-state index contributed by atoms with van der Waals surface area (Å²) in [6, 6.07) is 15.3. The minimum absolute atomic E-state index is 0.0884. The van der Waals surface area contributed by atoms with Crippen LogP contribution in [-0.4, -0.2) is 40.1 Å². The van der Waals surface area contributed by atoms with Crippen molar-refractivity contribution in [1.29, 1.82) is 0 Å². The van der Waals surface area contributed by atoms with Crippen LogP contribution in [0.5, 0.6) is 0 Å². The summed E-state index contributed by atoms with van der Waals surface area (Å²) >= 11 is 0. The van der Waals surface area contributed by atoms with Crippen LogP contribution in [0.1, 0.15) is 48.8 Å². The van der Waals surface area contributed by atoms with E-state index in [0.717, 1.165) is 48.8 Å². The molecule has 1 aliphatic heterocycles. The van der Waals surface area contributed by atoms with E-state index in [1.807, 2.05) is 54.6 Å². The second kappa shape index (κ2) is 10.5. The number of fused-ring (bicyclic) bond motifs is 1. The maximum absolute atomic E-state index is 13.3. The SMILES string of the molecule is O=C(O)[C@H](NC(=O)[C@@H]1Cc2ccccc2CN1C(=O)OCc1ccccc1)C1CCCCC1. The fraction of sp³-hybridized carbons (Fsp3) is 0.423. The van der Waals surface area contributed by atoms with Crippen LogP contribution in [0.4, 0.5) is 4.79 Å². The van der Waals surface area contributed by atoms with Crippen LogP contribution < -0.4 is 5.32 Å². The third-order valence-electron chi connectivity index (χ3n) is 6.68. The van der Waals surface area contributed by atoms with Gasteiger partial charge in [-0.2, -0.15) is 0 Å². The number of hydrogen-bond acceptors (Lipinski definition) is 4. The van der Waals surface area contributed by atoms with Crippen molar-refractivity contribution < 1.29 is 24.2 Å². The Morgan fingerprint density at radius 2 is 1.64 bits per heavy atom. The highest BCUT2D eigenvalue weighted by Gasteiger charge is 2.39. The van der Waals surface area contributed by atoms with Crippen molar-refractivity contribution >= 4 is 18.0 Å². The molecule has 174 valence electrons.